The second-order valence-corrected chi connectivity index (χ2v) is 3.78. The van der Waals surface area contributed by atoms with Crippen molar-refractivity contribution in [2.45, 2.75) is 0 Å². The number of carboxylic acids is 1. The largest absolute Gasteiger partial charge is 0.478 e. The molecule has 1 heterocycles. The van der Waals surface area contributed by atoms with Gasteiger partial charge in [-0.1, -0.05) is 6.07 Å². The standard InChI is InChI=1S/C10H5BrFNO2/c11-7-2-1-5-6(10(14)15)3-4-13-9(5)8(7)12/h1-4H,(H,14,15). The van der Waals surface area contributed by atoms with Crippen LogP contribution in [-0.2, 0) is 0 Å². The van der Waals surface area contributed by atoms with Gasteiger partial charge in [0, 0.05) is 11.6 Å². The molecule has 0 fully saturated rings. The highest BCUT2D eigenvalue weighted by Gasteiger charge is 2.13. The van der Waals surface area contributed by atoms with Gasteiger partial charge in [-0.05, 0) is 28.1 Å². The minimum Gasteiger partial charge on any atom is -0.478 e. The van der Waals surface area contributed by atoms with Gasteiger partial charge in [-0.3, -0.25) is 4.98 Å². The molecule has 2 rings (SSSR count). The molecule has 1 N–H and O–H groups in total. The van der Waals surface area contributed by atoms with Gasteiger partial charge >= 0.3 is 5.97 Å². The van der Waals surface area contributed by atoms with Crippen LogP contribution >= 0.6 is 15.9 Å². The van der Waals surface area contributed by atoms with Gasteiger partial charge in [0.1, 0.15) is 5.52 Å². The lowest BCUT2D eigenvalue weighted by Gasteiger charge is -2.03. The van der Waals surface area contributed by atoms with Crippen LogP contribution in [0.5, 0.6) is 0 Å². The van der Waals surface area contributed by atoms with Crippen LogP contribution in [0.1, 0.15) is 10.4 Å². The van der Waals surface area contributed by atoms with E-state index in [2.05, 4.69) is 20.9 Å². The lowest BCUT2D eigenvalue weighted by Crippen LogP contribution is -1.99. The highest BCUT2D eigenvalue weighted by molar-refractivity contribution is 9.10. The molecule has 1 aromatic carbocycles. The minimum absolute atomic E-state index is 0.0476. The Morgan fingerprint density at radius 2 is 2.13 bits per heavy atom. The maximum Gasteiger partial charge on any atom is 0.336 e. The van der Waals surface area contributed by atoms with Gasteiger partial charge in [0.25, 0.3) is 0 Å². The predicted molar refractivity (Wildman–Crippen MR) is 56.4 cm³/mol. The molecule has 0 saturated carbocycles. The molecule has 0 unspecified atom stereocenters. The molecule has 0 bridgehead atoms. The molecule has 3 nitrogen and oxygen atoms in total. The van der Waals surface area contributed by atoms with E-state index in [1.807, 2.05) is 0 Å². The zero-order valence-corrected chi connectivity index (χ0v) is 8.95. The third-order valence-electron chi connectivity index (χ3n) is 2.03. The lowest BCUT2D eigenvalue weighted by molar-refractivity contribution is 0.0699. The maximum absolute atomic E-state index is 13.5. The number of aromatic carboxylic acids is 1. The normalized spacial score (nSPS) is 10.5. The number of nitrogens with zero attached hydrogens (tertiary/aromatic N) is 1. The molecule has 1 aromatic heterocycles. The van der Waals surface area contributed by atoms with Crippen LogP contribution in [0.2, 0.25) is 0 Å². The van der Waals surface area contributed by atoms with Crippen molar-refractivity contribution in [2.24, 2.45) is 0 Å². The smallest absolute Gasteiger partial charge is 0.336 e. The van der Waals surface area contributed by atoms with Crippen molar-refractivity contribution >= 4 is 32.8 Å². The second-order valence-electron chi connectivity index (χ2n) is 2.92. The molecule has 76 valence electrons. The first-order chi connectivity index (χ1) is 7.11. The third kappa shape index (κ3) is 1.59. The number of carboxylic acid groups (broad SMARTS) is 1. The van der Waals surface area contributed by atoms with E-state index in [0.717, 1.165) is 0 Å². The Hall–Kier alpha value is -1.49. The van der Waals surface area contributed by atoms with Crippen molar-refractivity contribution in [1.29, 1.82) is 0 Å². The Bertz CT molecular complexity index is 556. The van der Waals surface area contributed by atoms with Crippen molar-refractivity contribution in [3.05, 3.63) is 40.2 Å². The molecule has 0 spiro atoms. The van der Waals surface area contributed by atoms with Crippen LogP contribution in [0, 0.1) is 5.82 Å². The van der Waals surface area contributed by atoms with Gasteiger partial charge in [-0.15, -0.1) is 0 Å². The average Bonchev–Trinajstić information content (AvgIpc) is 2.23. The van der Waals surface area contributed by atoms with Crippen LogP contribution in [0.4, 0.5) is 4.39 Å². The molecule has 0 aliphatic carbocycles. The van der Waals surface area contributed by atoms with Gasteiger partial charge in [0.05, 0.1) is 10.0 Å². The number of rotatable bonds is 1. The summed E-state index contributed by atoms with van der Waals surface area (Å²) in [6, 6.07) is 4.34. The van der Waals surface area contributed by atoms with Crippen molar-refractivity contribution in [1.82, 2.24) is 4.98 Å². The van der Waals surface area contributed by atoms with Crippen LogP contribution in [0.25, 0.3) is 10.9 Å². The van der Waals surface area contributed by atoms with E-state index in [0.29, 0.717) is 5.39 Å². The van der Waals surface area contributed by atoms with Crippen molar-refractivity contribution in [2.75, 3.05) is 0 Å². The molecule has 0 atom stereocenters. The number of carbonyl (C=O) groups is 1. The highest BCUT2D eigenvalue weighted by Crippen LogP contribution is 2.25. The summed E-state index contributed by atoms with van der Waals surface area (Å²) in [7, 11) is 0. The SMILES string of the molecule is O=C(O)c1ccnc2c(F)c(Br)ccc12. The Labute approximate surface area is 92.7 Å². The summed E-state index contributed by atoms with van der Waals surface area (Å²) < 4.78 is 13.8. The van der Waals surface area contributed by atoms with Crippen LogP contribution in [0.15, 0.2) is 28.9 Å². The van der Waals surface area contributed by atoms with E-state index in [1.165, 1.54) is 24.4 Å². The van der Waals surface area contributed by atoms with E-state index in [1.54, 1.807) is 0 Å². The highest BCUT2D eigenvalue weighted by atomic mass is 79.9. The summed E-state index contributed by atoms with van der Waals surface area (Å²) in [5.41, 5.74) is 0.107. The van der Waals surface area contributed by atoms with Crippen molar-refractivity contribution in [3.8, 4) is 0 Å². The lowest BCUT2D eigenvalue weighted by atomic mass is 10.1. The molecule has 0 radical (unpaired) electrons. The maximum atomic E-state index is 13.5. The number of aromatic nitrogens is 1. The molecular weight excluding hydrogens is 265 g/mol. The molecule has 2 aromatic rings. The first-order valence-corrected chi connectivity index (χ1v) is 4.86. The zero-order valence-electron chi connectivity index (χ0n) is 7.37. The van der Waals surface area contributed by atoms with Crippen LogP contribution in [-0.4, -0.2) is 16.1 Å². The van der Waals surface area contributed by atoms with E-state index < -0.39 is 11.8 Å². The van der Waals surface area contributed by atoms with Gasteiger partial charge in [-0.2, -0.15) is 0 Å². The first kappa shape index (κ1) is 10.0. The fourth-order valence-corrected chi connectivity index (χ4v) is 1.67. The number of benzene rings is 1. The predicted octanol–water partition coefficient (Wildman–Crippen LogP) is 2.83. The number of hydrogen-bond donors (Lipinski definition) is 1. The number of pyridine rings is 1. The Balaban J connectivity index is 2.89. The summed E-state index contributed by atoms with van der Waals surface area (Å²) in [5, 5.41) is 9.18. The Morgan fingerprint density at radius 1 is 1.40 bits per heavy atom. The van der Waals surface area contributed by atoms with Crippen LogP contribution < -0.4 is 0 Å². The van der Waals surface area contributed by atoms with Crippen molar-refractivity contribution < 1.29 is 14.3 Å². The molecular formula is C10H5BrFNO2. The third-order valence-corrected chi connectivity index (χ3v) is 2.65. The minimum atomic E-state index is -1.09. The summed E-state index contributed by atoms with van der Waals surface area (Å²) in [5.74, 6) is -1.64. The topological polar surface area (TPSA) is 50.2 Å². The molecule has 15 heavy (non-hydrogen) atoms. The molecule has 0 amide bonds. The van der Waals surface area contributed by atoms with E-state index >= 15 is 0 Å². The number of halogens is 2. The Morgan fingerprint density at radius 3 is 2.80 bits per heavy atom. The van der Waals surface area contributed by atoms with Gasteiger partial charge in [-0.25, -0.2) is 9.18 Å². The van der Waals surface area contributed by atoms with Gasteiger partial charge in [0.2, 0.25) is 0 Å². The first-order valence-electron chi connectivity index (χ1n) is 4.07. The Kier molecular flexibility index (Phi) is 2.40. The summed E-state index contributed by atoms with van der Waals surface area (Å²) in [6.07, 6.45) is 1.28. The average molecular weight is 270 g/mol. The zero-order chi connectivity index (χ0) is 11.0. The van der Waals surface area contributed by atoms with Gasteiger partial charge in [0.15, 0.2) is 5.82 Å². The number of fused-ring (bicyclic) bond motifs is 1. The summed E-state index contributed by atoms with van der Waals surface area (Å²) >= 11 is 3.02. The molecule has 0 aliphatic rings. The second kappa shape index (κ2) is 3.58. The molecule has 0 aliphatic heterocycles. The van der Waals surface area contributed by atoms with Crippen molar-refractivity contribution in [3.63, 3.8) is 0 Å². The summed E-state index contributed by atoms with van der Waals surface area (Å²) in [6.45, 7) is 0. The summed E-state index contributed by atoms with van der Waals surface area (Å²) in [4.78, 5) is 14.7. The monoisotopic (exact) mass is 269 g/mol. The van der Waals surface area contributed by atoms with E-state index in [9.17, 15) is 9.18 Å². The van der Waals surface area contributed by atoms with E-state index in [4.69, 9.17) is 5.11 Å². The fraction of sp³-hybridized carbons (Fsp3) is 0. The van der Waals surface area contributed by atoms with E-state index in [-0.39, 0.29) is 15.6 Å². The van der Waals surface area contributed by atoms with Gasteiger partial charge < -0.3 is 5.11 Å². The molecule has 0 saturated heterocycles. The van der Waals surface area contributed by atoms with Crippen LogP contribution in [0.3, 0.4) is 0 Å². The number of hydrogen-bond acceptors (Lipinski definition) is 2. The fourth-order valence-electron chi connectivity index (χ4n) is 1.35. The molecule has 5 heteroatoms. The quantitative estimate of drug-likeness (QED) is 0.866.